The summed E-state index contributed by atoms with van der Waals surface area (Å²) in [6.07, 6.45) is 1.70. The molecule has 2 N–H and O–H groups in total. The van der Waals surface area contributed by atoms with Gasteiger partial charge in [-0.15, -0.1) is 0 Å². The average molecular weight is 272 g/mol. The van der Waals surface area contributed by atoms with Gasteiger partial charge in [-0.1, -0.05) is 17.7 Å². The van der Waals surface area contributed by atoms with Gasteiger partial charge in [0.25, 0.3) is 0 Å². The molecule has 0 unspecified atom stereocenters. The Balaban J connectivity index is 2.19. The van der Waals surface area contributed by atoms with E-state index >= 15 is 0 Å². The Morgan fingerprint density at radius 1 is 1.30 bits per heavy atom. The lowest BCUT2D eigenvalue weighted by atomic mass is 10.1. The van der Waals surface area contributed by atoms with Crippen LogP contribution in [0.25, 0.3) is 0 Å². The molecule has 2 aromatic rings. The summed E-state index contributed by atoms with van der Waals surface area (Å²) in [7, 11) is 1.60. The number of ether oxygens (including phenoxy) is 2. The molecule has 1 atom stereocenters. The van der Waals surface area contributed by atoms with Crippen LogP contribution in [0, 0.1) is 6.92 Å². The van der Waals surface area contributed by atoms with E-state index in [2.05, 4.69) is 11.1 Å². The average Bonchev–Trinajstić information content (AvgIpc) is 2.46. The lowest BCUT2D eigenvalue weighted by Crippen LogP contribution is -2.09. The van der Waals surface area contributed by atoms with Crippen molar-refractivity contribution in [2.45, 2.75) is 26.5 Å². The Morgan fingerprint density at radius 3 is 2.80 bits per heavy atom. The highest BCUT2D eigenvalue weighted by molar-refractivity contribution is 5.39. The normalized spacial score (nSPS) is 12.0. The standard InChI is InChI=1S/C16H20N2O2/c1-11-6-7-15(14(9-11)12(2)17)20-10-13-5-4-8-18-16(13)19-3/h4-9,12H,10,17H2,1-3H3/t12-/m0/s1. The van der Waals surface area contributed by atoms with Crippen LogP contribution in [0.15, 0.2) is 36.5 Å². The van der Waals surface area contributed by atoms with Gasteiger partial charge in [0.1, 0.15) is 12.4 Å². The Hall–Kier alpha value is -2.07. The second-order valence-corrected chi connectivity index (χ2v) is 4.79. The Morgan fingerprint density at radius 2 is 2.10 bits per heavy atom. The number of aromatic nitrogens is 1. The maximum absolute atomic E-state index is 5.99. The Bertz CT molecular complexity index is 582. The molecule has 0 radical (unpaired) electrons. The van der Waals surface area contributed by atoms with Crippen LogP contribution >= 0.6 is 0 Å². The topological polar surface area (TPSA) is 57.4 Å². The smallest absolute Gasteiger partial charge is 0.219 e. The summed E-state index contributed by atoms with van der Waals surface area (Å²) in [5.41, 5.74) is 9.08. The molecule has 1 aromatic carbocycles. The van der Waals surface area contributed by atoms with E-state index in [1.54, 1.807) is 13.3 Å². The molecule has 1 heterocycles. The van der Waals surface area contributed by atoms with Gasteiger partial charge in [-0.25, -0.2) is 4.98 Å². The van der Waals surface area contributed by atoms with Gasteiger partial charge in [-0.2, -0.15) is 0 Å². The van der Waals surface area contributed by atoms with E-state index in [0.29, 0.717) is 12.5 Å². The van der Waals surface area contributed by atoms with Gasteiger partial charge in [-0.3, -0.25) is 0 Å². The predicted octanol–water partition coefficient (Wildman–Crippen LogP) is 3.00. The summed E-state index contributed by atoms with van der Waals surface area (Å²) in [5, 5.41) is 0. The van der Waals surface area contributed by atoms with Crippen LogP contribution in [0.1, 0.15) is 29.7 Å². The molecule has 0 spiro atoms. The monoisotopic (exact) mass is 272 g/mol. The number of benzene rings is 1. The third kappa shape index (κ3) is 3.27. The molecule has 0 aliphatic carbocycles. The van der Waals surface area contributed by atoms with Gasteiger partial charge in [0, 0.05) is 17.8 Å². The second-order valence-electron chi connectivity index (χ2n) is 4.79. The predicted molar refractivity (Wildman–Crippen MR) is 78.9 cm³/mol. The molecule has 0 amide bonds. The van der Waals surface area contributed by atoms with E-state index in [4.69, 9.17) is 15.2 Å². The molecule has 2 rings (SSSR count). The highest BCUT2D eigenvalue weighted by Gasteiger charge is 2.10. The van der Waals surface area contributed by atoms with Crippen molar-refractivity contribution in [3.05, 3.63) is 53.2 Å². The largest absolute Gasteiger partial charge is 0.488 e. The molecule has 0 aliphatic heterocycles. The lowest BCUT2D eigenvalue weighted by molar-refractivity contribution is 0.290. The molecule has 0 aliphatic rings. The first-order valence-corrected chi connectivity index (χ1v) is 6.58. The fraction of sp³-hybridized carbons (Fsp3) is 0.312. The van der Waals surface area contributed by atoms with E-state index in [1.807, 2.05) is 38.1 Å². The summed E-state index contributed by atoms with van der Waals surface area (Å²) in [5.74, 6) is 1.39. The number of nitrogens with two attached hydrogens (primary N) is 1. The van der Waals surface area contributed by atoms with Crippen molar-refractivity contribution in [1.29, 1.82) is 0 Å². The summed E-state index contributed by atoms with van der Waals surface area (Å²) in [6.45, 7) is 4.39. The number of hydrogen-bond donors (Lipinski definition) is 1. The third-order valence-electron chi connectivity index (χ3n) is 3.08. The highest BCUT2D eigenvalue weighted by Crippen LogP contribution is 2.26. The van der Waals surface area contributed by atoms with Gasteiger partial charge in [0.15, 0.2) is 0 Å². The van der Waals surface area contributed by atoms with Crippen LogP contribution in [-0.2, 0) is 6.61 Å². The molecule has 106 valence electrons. The van der Waals surface area contributed by atoms with Crippen molar-refractivity contribution in [3.63, 3.8) is 0 Å². The van der Waals surface area contributed by atoms with Crippen LogP contribution in [0.2, 0.25) is 0 Å². The van der Waals surface area contributed by atoms with Crippen LogP contribution in [0.3, 0.4) is 0 Å². The van der Waals surface area contributed by atoms with Gasteiger partial charge in [0.05, 0.1) is 12.7 Å². The zero-order valence-corrected chi connectivity index (χ0v) is 12.1. The molecule has 0 saturated carbocycles. The molecule has 20 heavy (non-hydrogen) atoms. The maximum atomic E-state index is 5.99. The number of hydrogen-bond acceptors (Lipinski definition) is 4. The Labute approximate surface area is 119 Å². The van der Waals surface area contributed by atoms with Crippen LogP contribution in [0.5, 0.6) is 11.6 Å². The molecule has 4 heteroatoms. The first-order valence-electron chi connectivity index (χ1n) is 6.58. The fourth-order valence-electron chi connectivity index (χ4n) is 2.03. The summed E-state index contributed by atoms with van der Waals surface area (Å²) < 4.78 is 11.1. The summed E-state index contributed by atoms with van der Waals surface area (Å²) >= 11 is 0. The van der Waals surface area contributed by atoms with Crippen LogP contribution < -0.4 is 15.2 Å². The number of nitrogens with zero attached hydrogens (tertiary/aromatic N) is 1. The number of aryl methyl sites for hydroxylation is 1. The third-order valence-corrected chi connectivity index (χ3v) is 3.08. The molecule has 4 nitrogen and oxygen atoms in total. The number of rotatable bonds is 5. The first-order chi connectivity index (χ1) is 9.61. The van der Waals surface area contributed by atoms with E-state index in [0.717, 1.165) is 16.9 Å². The van der Waals surface area contributed by atoms with E-state index in [9.17, 15) is 0 Å². The minimum absolute atomic E-state index is 0.0688. The van der Waals surface area contributed by atoms with Crippen molar-refractivity contribution < 1.29 is 9.47 Å². The van der Waals surface area contributed by atoms with Crippen molar-refractivity contribution in [3.8, 4) is 11.6 Å². The zero-order valence-electron chi connectivity index (χ0n) is 12.1. The van der Waals surface area contributed by atoms with Crippen LogP contribution in [-0.4, -0.2) is 12.1 Å². The highest BCUT2D eigenvalue weighted by atomic mass is 16.5. The zero-order chi connectivity index (χ0) is 14.5. The molecule has 0 bridgehead atoms. The molecular weight excluding hydrogens is 252 g/mol. The van der Waals surface area contributed by atoms with Gasteiger partial charge in [-0.05, 0) is 32.0 Å². The first kappa shape index (κ1) is 14.3. The maximum Gasteiger partial charge on any atom is 0.219 e. The fourth-order valence-corrected chi connectivity index (χ4v) is 2.03. The van der Waals surface area contributed by atoms with Gasteiger partial charge >= 0.3 is 0 Å². The van der Waals surface area contributed by atoms with Crippen molar-refractivity contribution >= 4 is 0 Å². The van der Waals surface area contributed by atoms with Crippen LogP contribution in [0.4, 0.5) is 0 Å². The lowest BCUT2D eigenvalue weighted by Gasteiger charge is -2.15. The Kier molecular flexibility index (Phi) is 4.58. The number of pyridine rings is 1. The van der Waals surface area contributed by atoms with E-state index < -0.39 is 0 Å². The summed E-state index contributed by atoms with van der Waals surface area (Å²) in [6, 6.07) is 9.76. The minimum atomic E-state index is -0.0688. The molecule has 0 saturated heterocycles. The number of methoxy groups -OCH3 is 1. The van der Waals surface area contributed by atoms with Gasteiger partial charge in [0.2, 0.25) is 5.88 Å². The minimum Gasteiger partial charge on any atom is -0.488 e. The van der Waals surface area contributed by atoms with Gasteiger partial charge < -0.3 is 15.2 Å². The molecule has 0 fully saturated rings. The van der Waals surface area contributed by atoms with E-state index in [1.165, 1.54) is 5.56 Å². The quantitative estimate of drug-likeness (QED) is 0.909. The van der Waals surface area contributed by atoms with Crippen molar-refractivity contribution in [2.75, 3.05) is 7.11 Å². The SMILES string of the molecule is COc1ncccc1COc1ccc(C)cc1[C@H](C)N. The summed E-state index contributed by atoms with van der Waals surface area (Å²) in [4.78, 5) is 4.15. The second kappa shape index (κ2) is 6.39. The molecule has 1 aromatic heterocycles. The molecular formula is C16H20N2O2. The van der Waals surface area contributed by atoms with E-state index in [-0.39, 0.29) is 6.04 Å². The van der Waals surface area contributed by atoms with Crippen molar-refractivity contribution in [1.82, 2.24) is 4.98 Å². The van der Waals surface area contributed by atoms with Crippen molar-refractivity contribution in [2.24, 2.45) is 5.73 Å².